The summed E-state index contributed by atoms with van der Waals surface area (Å²) in [4.78, 5) is 52.4. The predicted molar refractivity (Wildman–Crippen MR) is 111 cm³/mol. The van der Waals surface area contributed by atoms with E-state index in [0.29, 0.717) is 12.8 Å². The highest BCUT2D eigenvalue weighted by atomic mass is 16.7. The van der Waals surface area contributed by atoms with E-state index in [1.807, 2.05) is 6.92 Å². The van der Waals surface area contributed by atoms with Gasteiger partial charge in [-0.1, -0.05) is 12.3 Å². The molecule has 1 rings (SSSR count). The van der Waals surface area contributed by atoms with Gasteiger partial charge in [0.25, 0.3) is 5.96 Å². The molecule has 0 radical (unpaired) electrons. The lowest BCUT2D eigenvalue weighted by atomic mass is 9.91. The number of ether oxygens (including phenoxy) is 1. The third-order valence-electron chi connectivity index (χ3n) is 4.56. The van der Waals surface area contributed by atoms with Crippen LogP contribution in [0.3, 0.4) is 0 Å². The summed E-state index contributed by atoms with van der Waals surface area (Å²) in [7, 11) is 0. The van der Waals surface area contributed by atoms with Crippen LogP contribution in [0.15, 0.2) is 4.99 Å². The van der Waals surface area contributed by atoms with Gasteiger partial charge in [-0.2, -0.15) is 0 Å². The molecule has 2 unspecified atom stereocenters. The zero-order chi connectivity index (χ0) is 23.8. The van der Waals surface area contributed by atoms with Crippen LogP contribution in [0.25, 0.3) is 0 Å². The summed E-state index contributed by atoms with van der Waals surface area (Å²) < 4.78 is 5.22. The van der Waals surface area contributed by atoms with E-state index < -0.39 is 40.7 Å². The monoisotopic (exact) mass is 444 g/mol. The van der Waals surface area contributed by atoms with Crippen molar-refractivity contribution in [2.24, 2.45) is 16.6 Å². The predicted octanol–water partition coefficient (Wildman–Crippen LogP) is 0.468. The highest BCUT2D eigenvalue weighted by molar-refractivity contribution is 5.89. The number of hydrogen-bond acceptors (Lipinski definition) is 7. The minimum atomic E-state index is -1.10. The molecule has 2 amide bonds. The van der Waals surface area contributed by atoms with Crippen LogP contribution in [0.1, 0.15) is 53.4 Å². The van der Waals surface area contributed by atoms with Crippen LogP contribution >= 0.6 is 0 Å². The Labute approximate surface area is 180 Å². The zero-order valence-electron chi connectivity index (χ0n) is 18.3. The van der Waals surface area contributed by atoms with E-state index in [-0.39, 0.29) is 37.8 Å². The summed E-state index contributed by atoms with van der Waals surface area (Å²) in [6.45, 7) is 7.28. The number of nitro groups is 1. The van der Waals surface area contributed by atoms with E-state index in [4.69, 9.17) is 10.5 Å². The Balaban J connectivity index is 2.89. The molecule has 176 valence electrons. The van der Waals surface area contributed by atoms with E-state index in [0.717, 1.165) is 0 Å². The maximum Gasteiger partial charge on any atom is 0.408 e. The number of nitrogens with two attached hydrogens (primary N) is 1. The number of aliphatic carboxylic acids is 1. The summed E-state index contributed by atoms with van der Waals surface area (Å²) in [5.74, 6) is -1.84. The second-order valence-corrected chi connectivity index (χ2v) is 8.49. The summed E-state index contributed by atoms with van der Waals surface area (Å²) in [5.41, 5.74) is 6.27. The number of carboxylic acids is 1. The molecule has 1 saturated heterocycles. The molecule has 1 fully saturated rings. The van der Waals surface area contributed by atoms with Gasteiger partial charge in [0.05, 0.1) is 0 Å². The molecular weight excluding hydrogens is 412 g/mol. The summed E-state index contributed by atoms with van der Waals surface area (Å²) >= 11 is 0. The number of piperidine rings is 1. The lowest BCUT2D eigenvalue weighted by Gasteiger charge is -2.38. The number of rotatable bonds is 8. The first kappa shape index (κ1) is 25.9. The molecule has 0 aromatic carbocycles. The van der Waals surface area contributed by atoms with Crippen molar-refractivity contribution in [1.82, 2.24) is 15.6 Å². The first-order chi connectivity index (χ1) is 14.3. The Morgan fingerprint density at radius 3 is 2.58 bits per heavy atom. The first-order valence-electron chi connectivity index (χ1n) is 10.0. The standard InChI is InChI=1S/C18H32N6O7/c1-11-7-9-23(13(10-11)15(26)27)14(25)12(21-17(28)31-18(2,3)4)6-5-8-20-16(19)22-24(29)30/h11-13H,5-10H2,1-4H3,(H,21,28)(H,26,27)(H3,19,20,22)/t11?,12-,13?/m0/s1. The summed E-state index contributed by atoms with van der Waals surface area (Å²) in [6.07, 6.45) is 0.552. The van der Waals surface area contributed by atoms with Crippen LogP contribution in [0.5, 0.6) is 0 Å². The van der Waals surface area contributed by atoms with Gasteiger partial charge in [-0.25, -0.2) is 24.7 Å². The average Bonchev–Trinajstić information content (AvgIpc) is 2.61. The number of nitrogens with one attached hydrogen (secondary N) is 2. The molecule has 0 bridgehead atoms. The molecule has 1 heterocycles. The van der Waals surface area contributed by atoms with Crippen molar-refractivity contribution in [2.45, 2.75) is 71.1 Å². The number of carboxylic acid groups (broad SMARTS) is 1. The molecule has 5 N–H and O–H groups in total. The lowest BCUT2D eigenvalue weighted by Crippen LogP contribution is -2.56. The van der Waals surface area contributed by atoms with Crippen LogP contribution < -0.4 is 16.5 Å². The number of alkyl carbamates (subject to hydrolysis) is 1. The van der Waals surface area contributed by atoms with E-state index in [2.05, 4.69) is 10.3 Å². The van der Waals surface area contributed by atoms with E-state index in [9.17, 15) is 29.6 Å². The number of hydrazine groups is 1. The average molecular weight is 444 g/mol. The topological polar surface area (TPSA) is 189 Å². The number of hydrogen-bond donors (Lipinski definition) is 4. The van der Waals surface area contributed by atoms with Gasteiger partial charge in [0, 0.05) is 13.1 Å². The first-order valence-corrected chi connectivity index (χ1v) is 10.0. The third-order valence-corrected chi connectivity index (χ3v) is 4.56. The Kier molecular flexibility index (Phi) is 9.46. The van der Waals surface area contributed by atoms with Gasteiger partial charge in [0.2, 0.25) is 5.91 Å². The number of carbonyl (C=O) groups excluding carboxylic acids is 2. The SMILES string of the molecule is CC1CCN(C(=O)[C@H](CCCN=C(N)N[N+](=O)[O-])NC(=O)OC(C)(C)C)C(C(=O)O)C1. The summed E-state index contributed by atoms with van der Waals surface area (Å²) in [5, 5.41) is 21.5. The molecule has 0 aromatic rings. The molecule has 0 spiro atoms. The van der Waals surface area contributed by atoms with Crippen LogP contribution in [0, 0.1) is 16.0 Å². The molecule has 0 aliphatic carbocycles. The molecule has 1 aliphatic rings. The van der Waals surface area contributed by atoms with Gasteiger partial charge < -0.3 is 25.8 Å². The van der Waals surface area contributed by atoms with Crippen molar-refractivity contribution in [2.75, 3.05) is 13.1 Å². The Hall–Kier alpha value is -3.12. The fourth-order valence-corrected chi connectivity index (χ4v) is 3.17. The molecule has 13 heteroatoms. The fourth-order valence-electron chi connectivity index (χ4n) is 3.17. The Bertz CT molecular complexity index is 706. The van der Waals surface area contributed by atoms with Crippen LogP contribution in [0.4, 0.5) is 4.79 Å². The molecule has 0 aromatic heterocycles. The quantitative estimate of drug-likeness (QED) is 0.135. The zero-order valence-corrected chi connectivity index (χ0v) is 18.3. The van der Waals surface area contributed by atoms with Gasteiger partial charge >= 0.3 is 12.1 Å². The van der Waals surface area contributed by atoms with Crippen LogP contribution in [-0.2, 0) is 14.3 Å². The van der Waals surface area contributed by atoms with Gasteiger partial charge in [-0.05, 0) is 52.4 Å². The van der Waals surface area contributed by atoms with Crippen LogP contribution in [-0.4, -0.2) is 69.7 Å². The molecule has 0 saturated carbocycles. The number of aliphatic imine (C=N–C) groups is 1. The minimum absolute atomic E-state index is 0.0614. The number of amides is 2. The minimum Gasteiger partial charge on any atom is -0.480 e. The molecular formula is C18H32N6O7. The number of likely N-dealkylation sites (tertiary alicyclic amines) is 1. The van der Waals surface area contributed by atoms with Gasteiger partial charge in [0.1, 0.15) is 17.7 Å². The van der Waals surface area contributed by atoms with Crippen molar-refractivity contribution in [3.05, 3.63) is 10.1 Å². The van der Waals surface area contributed by atoms with Gasteiger partial charge in [0.15, 0.2) is 5.03 Å². The van der Waals surface area contributed by atoms with Gasteiger partial charge in [-0.3, -0.25) is 4.79 Å². The molecule has 13 nitrogen and oxygen atoms in total. The largest absolute Gasteiger partial charge is 0.480 e. The Morgan fingerprint density at radius 2 is 2.03 bits per heavy atom. The maximum atomic E-state index is 13.1. The third kappa shape index (κ3) is 9.49. The fraction of sp³-hybridized carbons (Fsp3) is 0.778. The van der Waals surface area contributed by atoms with E-state index >= 15 is 0 Å². The maximum absolute atomic E-state index is 13.1. The van der Waals surface area contributed by atoms with Crippen molar-refractivity contribution in [3.8, 4) is 0 Å². The lowest BCUT2D eigenvalue weighted by molar-refractivity contribution is -0.525. The highest BCUT2D eigenvalue weighted by Gasteiger charge is 2.38. The summed E-state index contributed by atoms with van der Waals surface area (Å²) in [6, 6.07) is -2.01. The van der Waals surface area contributed by atoms with Gasteiger partial charge in [-0.15, -0.1) is 0 Å². The van der Waals surface area contributed by atoms with Crippen LogP contribution in [0.2, 0.25) is 0 Å². The normalized spacial score (nSPS) is 20.5. The highest BCUT2D eigenvalue weighted by Crippen LogP contribution is 2.24. The molecule has 1 aliphatic heterocycles. The molecule has 31 heavy (non-hydrogen) atoms. The van der Waals surface area contributed by atoms with Crippen molar-refractivity contribution in [1.29, 1.82) is 0 Å². The van der Waals surface area contributed by atoms with Crippen molar-refractivity contribution < 1.29 is 29.3 Å². The number of nitrogens with zero attached hydrogens (tertiary/aromatic N) is 3. The number of guanidine groups is 1. The second-order valence-electron chi connectivity index (χ2n) is 8.49. The second kappa shape index (κ2) is 11.3. The van der Waals surface area contributed by atoms with E-state index in [1.165, 1.54) is 4.90 Å². The Morgan fingerprint density at radius 1 is 1.39 bits per heavy atom. The van der Waals surface area contributed by atoms with Crippen molar-refractivity contribution in [3.63, 3.8) is 0 Å². The molecule has 3 atom stereocenters. The smallest absolute Gasteiger partial charge is 0.408 e. The van der Waals surface area contributed by atoms with Crippen molar-refractivity contribution >= 4 is 23.9 Å². The van der Waals surface area contributed by atoms with E-state index in [1.54, 1.807) is 26.2 Å². The number of carbonyl (C=O) groups is 3.